The summed E-state index contributed by atoms with van der Waals surface area (Å²) in [6.45, 7) is 2.15. The first-order chi connectivity index (χ1) is 13.2. The molecule has 0 aliphatic rings. The van der Waals surface area contributed by atoms with Gasteiger partial charge in [0.2, 0.25) is 5.60 Å². The fourth-order valence-corrected chi connectivity index (χ4v) is 4.90. The van der Waals surface area contributed by atoms with Gasteiger partial charge in [0.05, 0.1) is 28.5 Å². The first kappa shape index (κ1) is 18.9. The average Bonchev–Trinajstić information content (AvgIpc) is 3.33. The van der Waals surface area contributed by atoms with Crippen molar-refractivity contribution in [3.63, 3.8) is 0 Å². The SMILES string of the molecule is Cc1ccc(Cn2ncc([C@@](O)(c3nc4ccccc4s3)C(F)(F)F)c2N)s1. The number of nitrogens with two attached hydrogens (primary N) is 1. The zero-order valence-corrected chi connectivity index (χ0v) is 16.2. The molecule has 0 aliphatic heterocycles. The predicted octanol–water partition coefficient (Wildman–Crippen LogP) is 4.29. The van der Waals surface area contributed by atoms with Crippen LogP contribution in [-0.2, 0) is 12.1 Å². The Morgan fingerprint density at radius 2 is 1.89 bits per heavy atom. The second-order valence-electron chi connectivity index (χ2n) is 6.31. The van der Waals surface area contributed by atoms with Gasteiger partial charge in [0, 0.05) is 9.75 Å². The number of anilines is 1. The number of aliphatic hydroxyl groups is 1. The number of nitrogen functional groups attached to an aromatic ring is 1. The van der Waals surface area contributed by atoms with Gasteiger partial charge in [0.15, 0.2) is 0 Å². The molecule has 146 valence electrons. The van der Waals surface area contributed by atoms with E-state index in [1.54, 1.807) is 24.3 Å². The molecular weight excluding hydrogens is 409 g/mol. The summed E-state index contributed by atoms with van der Waals surface area (Å²) in [5, 5.41) is 14.4. The molecule has 0 amide bonds. The van der Waals surface area contributed by atoms with E-state index in [2.05, 4.69) is 10.1 Å². The van der Waals surface area contributed by atoms with E-state index in [1.807, 2.05) is 19.1 Å². The molecule has 3 N–H and O–H groups in total. The van der Waals surface area contributed by atoms with Gasteiger partial charge in [0.25, 0.3) is 0 Å². The number of hydrogen-bond donors (Lipinski definition) is 2. The molecule has 0 fully saturated rings. The van der Waals surface area contributed by atoms with Crippen molar-refractivity contribution < 1.29 is 18.3 Å². The van der Waals surface area contributed by atoms with Crippen LogP contribution in [-0.4, -0.2) is 26.0 Å². The Morgan fingerprint density at radius 3 is 2.54 bits per heavy atom. The fourth-order valence-electron chi connectivity index (χ4n) is 2.93. The highest BCUT2D eigenvalue weighted by Gasteiger charge is 2.60. The molecule has 3 aromatic heterocycles. The highest BCUT2D eigenvalue weighted by atomic mass is 32.1. The van der Waals surface area contributed by atoms with E-state index in [-0.39, 0.29) is 12.4 Å². The van der Waals surface area contributed by atoms with Gasteiger partial charge in [-0.25, -0.2) is 9.67 Å². The van der Waals surface area contributed by atoms with Crippen LogP contribution in [0.3, 0.4) is 0 Å². The zero-order valence-electron chi connectivity index (χ0n) is 14.6. The molecule has 4 aromatic rings. The first-order valence-corrected chi connectivity index (χ1v) is 9.85. The van der Waals surface area contributed by atoms with Crippen LogP contribution in [0, 0.1) is 6.92 Å². The monoisotopic (exact) mass is 424 g/mol. The summed E-state index contributed by atoms with van der Waals surface area (Å²) in [6.07, 6.45) is -4.06. The molecule has 0 saturated heterocycles. The van der Waals surface area contributed by atoms with Gasteiger partial charge in [-0.1, -0.05) is 12.1 Å². The Bertz CT molecular complexity index is 1110. The highest BCUT2D eigenvalue weighted by molar-refractivity contribution is 7.18. The number of thiophene rings is 1. The van der Waals surface area contributed by atoms with E-state index in [9.17, 15) is 18.3 Å². The van der Waals surface area contributed by atoms with E-state index in [4.69, 9.17) is 5.73 Å². The van der Waals surface area contributed by atoms with Crippen LogP contribution in [0.4, 0.5) is 19.0 Å². The second kappa shape index (κ2) is 6.57. The summed E-state index contributed by atoms with van der Waals surface area (Å²) in [6, 6.07) is 10.4. The number of nitrogens with zero attached hydrogens (tertiary/aromatic N) is 3. The van der Waals surface area contributed by atoms with Crippen molar-refractivity contribution in [3.8, 4) is 0 Å². The molecule has 0 bridgehead atoms. The second-order valence-corrected chi connectivity index (χ2v) is 8.71. The van der Waals surface area contributed by atoms with E-state index >= 15 is 0 Å². The molecule has 0 radical (unpaired) electrons. The third-order valence-electron chi connectivity index (χ3n) is 4.39. The van der Waals surface area contributed by atoms with Gasteiger partial charge in [-0.15, -0.1) is 22.7 Å². The molecule has 3 heterocycles. The number of aromatic nitrogens is 3. The molecule has 0 aliphatic carbocycles. The molecule has 4 rings (SSSR count). The van der Waals surface area contributed by atoms with Crippen LogP contribution in [0.1, 0.15) is 20.3 Å². The molecule has 5 nitrogen and oxygen atoms in total. The van der Waals surface area contributed by atoms with Crippen LogP contribution < -0.4 is 5.73 Å². The molecule has 0 unspecified atom stereocenters. The van der Waals surface area contributed by atoms with Gasteiger partial charge in [0.1, 0.15) is 10.8 Å². The van der Waals surface area contributed by atoms with Crippen molar-refractivity contribution >= 4 is 38.7 Å². The van der Waals surface area contributed by atoms with Crippen LogP contribution in [0.2, 0.25) is 0 Å². The van der Waals surface area contributed by atoms with Crippen LogP contribution in [0.15, 0.2) is 42.6 Å². The lowest BCUT2D eigenvalue weighted by Crippen LogP contribution is -2.43. The van der Waals surface area contributed by atoms with E-state index < -0.39 is 22.3 Å². The molecule has 0 saturated carbocycles. The van der Waals surface area contributed by atoms with Gasteiger partial charge in [-0.05, 0) is 31.2 Å². The largest absolute Gasteiger partial charge is 0.428 e. The molecule has 0 spiro atoms. The maximum atomic E-state index is 14.0. The Hall–Kier alpha value is -2.43. The predicted molar refractivity (Wildman–Crippen MR) is 103 cm³/mol. The Labute approximate surface area is 165 Å². The standard InChI is InChI=1S/C18H15F3N4OS2/c1-10-6-7-11(27-10)9-25-15(22)12(8-23-25)17(26,18(19,20)21)16-24-13-4-2-3-5-14(13)28-16/h2-8,26H,9,22H2,1H3/t17-/m1/s1. The van der Waals surface area contributed by atoms with Gasteiger partial charge < -0.3 is 10.8 Å². The highest BCUT2D eigenvalue weighted by Crippen LogP contribution is 2.48. The van der Waals surface area contributed by atoms with Crippen LogP contribution >= 0.6 is 22.7 Å². The summed E-state index contributed by atoms with van der Waals surface area (Å²) in [7, 11) is 0. The summed E-state index contributed by atoms with van der Waals surface area (Å²) < 4.78 is 43.9. The zero-order chi connectivity index (χ0) is 20.1. The van der Waals surface area contributed by atoms with Crippen LogP contribution in [0.25, 0.3) is 10.2 Å². The van der Waals surface area contributed by atoms with E-state index in [0.717, 1.165) is 27.3 Å². The molecule has 10 heteroatoms. The number of alkyl halides is 3. The maximum Gasteiger partial charge on any atom is 0.428 e. The van der Waals surface area contributed by atoms with Crippen molar-refractivity contribution in [2.75, 3.05) is 5.73 Å². The lowest BCUT2D eigenvalue weighted by Gasteiger charge is -2.28. The number of aryl methyl sites for hydroxylation is 1. The van der Waals surface area contributed by atoms with E-state index in [1.165, 1.54) is 16.0 Å². The summed E-state index contributed by atoms with van der Waals surface area (Å²) in [5.74, 6) is -0.245. The van der Waals surface area contributed by atoms with Crippen molar-refractivity contribution in [2.24, 2.45) is 0 Å². The number of halogens is 3. The van der Waals surface area contributed by atoms with Gasteiger partial charge in [-0.3, -0.25) is 0 Å². The first-order valence-electron chi connectivity index (χ1n) is 8.22. The molecule has 1 atom stereocenters. The number of fused-ring (bicyclic) bond motifs is 1. The van der Waals surface area contributed by atoms with E-state index in [0.29, 0.717) is 10.2 Å². The third-order valence-corrected chi connectivity index (χ3v) is 6.52. The lowest BCUT2D eigenvalue weighted by molar-refractivity contribution is -0.248. The normalized spacial score (nSPS) is 14.5. The topological polar surface area (TPSA) is 77.0 Å². The quantitative estimate of drug-likeness (QED) is 0.512. The smallest absolute Gasteiger partial charge is 0.384 e. The van der Waals surface area contributed by atoms with Crippen molar-refractivity contribution in [1.29, 1.82) is 0 Å². The Kier molecular flexibility index (Phi) is 4.44. The Balaban J connectivity index is 1.82. The summed E-state index contributed by atoms with van der Waals surface area (Å²) in [5.41, 5.74) is 2.51. The number of rotatable bonds is 4. The molecule has 1 aromatic carbocycles. The average molecular weight is 424 g/mol. The Morgan fingerprint density at radius 1 is 1.14 bits per heavy atom. The number of hydrogen-bond acceptors (Lipinski definition) is 6. The van der Waals surface area contributed by atoms with Gasteiger partial charge in [-0.2, -0.15) is 18.3 Å². The number of thiazole rings is 1. The third kappa shape index (κ3) is 2.97. The molecule has 28 heavy (non-hydrogen) atoms. The minimum Gasteiger partial charge on any atom is -0.384 e. The van der Waals surface area contributed by atoms with Gasteiger partial charge >= 0.3 is 6.18 Å². The van der Waals surface area contributed by atoms with Crippen molar-refractivity contribution in [2.45, 2.75) is 25.2 Å². The maximum absolute atomic E-state index is 14.0. The molecular formula is C18H15F3N4OS2. The summed E-state index contributed by atoms with van der Waals surface area (Å²) in [4.78, 5) is 5.99. The number of para-hydroxylation sites is 1. The minimum absolute atomic E-state index is 0.220. The lowest BCUT2D eigenvalue weighted by atomic mass is 9.96. The summed E-state index contributed by atoms with van der Waals surface area (Å²) >= 11 is 2.28. The van der Waals surface area contributed by atoms with Crippen molar-refractivity contribution in [3.05, 3.63) is 62.9 Å². The fraction of sp³-hybridized carbons (Fsp3) is 0.222. The van der Waals surface area contributed by atoms with Crippen LogP contribution in [0.5, 0.6) is 0 Å². The van der Waals surface area contributed by atoms with Crippen molar-refractivity contribution in [1.82, 2.24) is 14.8 Å². The number of benzene rings is 1. The minimum atomic E-state index is -5.03.